The van der Waals surface area contributed by atoms with Crippen LogP contribution in [0, 0.1) is 0 Å². The number of likely N-dealkylation sites (N-methyl/N-ethyl adjacent to an activating group) is 1. The minimum atomic E-state index is -2.02. The second kappa shape index (κ2) is 5.04. The second-order valence-electron chi connectivity index (χ2n) is 6.74. The van der Waals surface area contributed by atoms with Gasteiger partial charge in [-0.05, 0) is 40.7 Å². The molecule has 0 N–H and O–H groups in total. The van der Waals surface area contributed by atoms with Crippen LogP contribution in [0.1, 0.15) is 31.8 Å². The number of nitrogens with zero attached hydrogens (tertiary/aromatic N) is 2. The SMILES string of the molecule is [2H]C([2H])([2H])N1CCN(c2ccc(B3OC(C)(C)C(C)(C)O3)o2)CC1. The highest BCUT2D eigenvalue weighted by atomic mass is 16.7. The number of piperazine rings is 1. The Balaban J connectivity index is 1.65. The molecule has 0 radical (unpaired) electrons. The third-order valence-corrected chi connectivity index (χ3v) is 4.69. The van der Waals surface area contributed by atoms with Crippen molar-refractivity contribution in [3.8, 4) is 0 Å². The van der Waals surface area contributed by atoms with Gasteiger partial charge in [0.2, 0.25) is 0 Å². The fourth-order valence-electron chi connectivity index (χ4n) is 2.52. The Kier molecular flexibility index (Phi) is 2.78. The van der Waals surface area contributed by atoms with E-state index in [0.717, 1.165) is 5.88 Å². The summed E-state index contributed by atoms with van der Waals surface area (Å²) in [5, 5.41) is 0. The van der Waals surface area contributed by atoms with E-state index in [1.54, 1.807) is 0 Å². The molecule has 0 bridgehead atoms. The maximum atomic E-state index is 7.47. The van der Waals surface area contributed by atoms with Gasteiger partial charge in [-0.3, -0.25) is 0 Å². The standard InChI is InChI=1S/C15H25BN2O3/c1-14(2)15(3,4)21-16(20-14)12-6-7-13(19-12)18-10-8-17(5)9-11-18/h6-7H,8-11H2,1-5H3/i5D3. The minimum absolute atomic E-state index is 0.407. The van der Waals surface area contributed by atoms with Crippen molar-refractivity contribution in [3.05, 3.63) is 12.1 Å². The van der Waals surface area contributed by atoms with Crippen LogP contribution in [0.15, 0.2) is 16.5 Å². The highest BCUT2D eigenvalue weighted by molar-refractivity contribution is 6.60. The first-order valence-corrected chi connectivity index (χ1v) is 7.45. The summed E-state index contributed by atoms with van der Waals surface area (Å²) in [6.45, 7) is 8.21. The van der Waals surface area contributed by atoms with Gasteiger partial charge in [-0.1, -0.05) is 0 Å². The molecule has 0 amide bonds. The monoisotopic (exact) mass is 295 g/mol. The first kappa shape index (κ1) is 11.6. The first-order valence-electron chi connectivity index (χ1n) is 8.95. The van der Waals surface area contributed by atoms with Crippen LogP contribution in [0.2, 0.25) is 0 Å². The second-order valence-corrected chi connectivity index (χ2v) is 6.74. The normalized spacial score (nSPS) is 28.3. The van der Waals surface area contributed by atoms with Gasteiger partial charge in [0.05, 0.1) is 11.2 Å². The van der Waals surface area contributed by atoms with E-state index < -0.39 is 25.3 Å². The van der Waals surface area contributed by atoms with Crippen molar-refractivity contribution in [2.45, 2.75) is 38.9 Å². The van der Waals surface area contributed by atoms with Gasteiger partial charge < -0.3 is 23.5 Å². The zero-order chi connectivity index (χ0) is 17.8. The number of hydrogen-bond donors (Lipinski definition) is 0. The van der Waals surface area contributed by atoms with Crippen LogP contribution in [0.3, 0.4) is 0 Å². The molecule has 1 aromatic rings. The van der Waals surface area contributed by atoms with E-state index in [0.29, 0.717) is 31.8 Å². The van der Waals surface area contributed by atoms with Gasteiger partial charge in [-0.15, -0.1) is 0 Å². The third-order valence-electron chi connectivity index (χ3n) is 4.69. The van der Waals surface area contributed by atoms with E-state index in [1.165, 1.54) is 4.90 Å². The molecular weight excluding hydrogens is 267 g/mol. The van der Waals surface area contributed by atoms with Gasteiger partial charge in [-0.2, -0.15) is 0 Å². The molecule has 0 unspecified atom stereocenters. The molecule has 21 heavy (non-hydrogen) atoms. The molecule has 5 nitrogen and oxygen atoms in total. The minimum Gasteiger partial charge on any atom is -0.449 e. The lowest BCUT2D eigenvalue weighted by Crippen LogP contribution is -2.44. The van der Waals surface area contributed by atoms with Crippen LogP contribution >= 0.6 is 0 Å². The van der Waals surface area contributed by atoms with E-state index in [4.69, 9.17) is 17.8 Å². The molecule has 2 fully saturated rings. The lowest BCUT2D eigenvalue weighted by molar-refractivity contribution is 0.00578. The summed E-state index contributed by atoms with van der Waals surface area (Å²) in [6, 6.07) is 3.76. The van der Waals surface area contributed by atoms with Crippen LogP contribution in [0.25, 0.3) is 0 Å². The van der Waals surface area contributed by atoms with Gasteiger partial charge in [0.25, 0.3) is 0 Å². The summed E-state index contributed by atoms with van der Waals surface area (Å²) >= 11 is 0. The van der Waals surface area contributed by atoms with Crippen LogP contribution in [-0.2, 0) is 9.31 Å². The van der Waals surface area contributed by atoms with Crippen molar-refractivity contribution >= 4 is 18.7 Å². The molecule has 2 aliphatic rings. The molecule has 3 rings (SSSR count). The van der Waals surface area contributed by atoms with Crippen LogP contribution in [0.4, 0.5) is 5.88 Å². The van der Waals surface area contributed by atoms with Crippen molar-refractivity contribution in [2.75, 3.05) is 38.1 Å². The molecular formula is C15H25BN2O3. The van der Waals surface area contributed by atoms with E-state index in [9.17, 15) is 0 Å². The summed E-state index contributed by atoms with van der Waals surface area (Å²) in [7, 11) is -0.521. The maximum Gasteiger partial charge on any atom is 0.532 e. The zero-order valence-electron chi connectivity index (χ0n) is 16.2. The third kappa shape index (κ3) is 2.72. The van der Waals surface area contributed by atoms with Gasteiger partial charge in [0, 0.05) is 36.4 Å². The fraction of sp³-hybridized carbons (Fsp3) is 0.733. The van der Waals surface area contributed by atoms with Crippen LogP contribution in [0.5, 0.6) is 0 Å². The van der Waals surface area contributed by atoms with Crippen molar-refractivity contribution < 1.29 is 17.8 Å². The highest BCUT2D eigenvalue weighted by Gasteiger charge is 2.53. The Morgan fingerprint density at radius 3 is 2.24 bits per heavy atom. The summed E-state index contributed by atoms with van der Waals surface area (Å²) in [5.41, 5.74) is -0.173. The lowest BCUT2D eigenvalue weighted by atomic mass is 9.86. The number of rotatable bonds is 2. The Morgan fingerprint density at radius 1 is 1.05 bits per heavy atom. The van der Waals surface area contributed by atoms with Crippen LogP contribution in [-0.4, -0.2) is 56.4 Å². The van der Waals surface area contributed by atoms with Crippen molar-refractivity contribution in [2.24, 2.45) is 0 Å². The summed E-state index contributed by atoms with van der Waals surface area (Å²) in [5.74, 6) is 0.727. The van der Waals surface area contributed by atoms with E-state index >= 15 is 0 Å². The first-order chi connectivity index (χ1) is 11.0. The molecule has 0 aromatic carbocycles. The number of furan rings is 1. The molecule has 2 aliphatic heterocycles. The fourth-order valence-corrected chi connectivity index (χ4v) is 2.52. The molecule has 1 aromatic heterocycles. The quantitative estimate of drug-likeness (QED) is 0.770. The van der Waals surface area contributed by atoms with Gasteiger partial charge >= 0.3 is 7.12 Å². The van der Waals surface area contributed by atoms with Crippen molar-refractivity contribution in [1.29, 1.82) is 0 Å². The molecule has 2 saturated heterocycles. The Morgan fingerprint density at radius 2 is 1.67 bits per heavy atom. The summed E-state index contributed by atoms with van der Waals surface area (Å²) in [4.78, 5) is 3.57. The van der Waals surface area contributed by atoms with E-state index in [2.05, 4.69) is 4.90 Å². The topological polar surface area (TPSA) is 38.1 Å². The predicted molar refractivity (Wildman–Crippen MR) is 84.1 cm³/mol. The Bertz CT molecular complexity index is 579. The van der Waals surface area contributed by atoms with Crippen molar-refractivity contribution in [3.63, 3.8) is 0 Å². The average Bonchev–Trinajstić information content (AvgIpc) is 3.02. The number of anilines is 1. The average molecular weight is 295 g/mol. The van der Waals surface area contributed by atoms with Gasteiger partial charge in [0.1, 0.15) is 5.66 Å². The predicted octanol–water partition coefficient (Wildman–Crippen LogP) is 1.33. The number of hydrogen-bond acceptors (Lipinski definition) is 5. The zero-order valence-corrected chi connectivity index (χ0v) is 13.2. The largest absolute Gasteiger partial charge is 0.532 e. The van der Waals surface area contributed by atoms with E-state index in [1.807, 2.05) is 39.8 Å². The lowest BCUT2D eigenvalue weighted by Gasteiger charge is -2.32. The summed E-state index contributed by atoms with van der Waals surface area (Å²) in [6.07, 6.45) is 0. The van der Waals surface area contributed by atoms with Crippen molar-refractivity contribution in [1.82, 2.24) is 4.90 Å². The summed E-state index contributed by atoms with van der Waals surface area (Å²) < 4.78 is 40.3. The molecule has 0 spiro atoms. The molecule has 116 valence electrons. The van der Waals surface area contributed by atoms with E-state index in [-0.39, 0.29) is 0 Å². The molecule has 0 atom stereocenters. The van der Waals surface area contributed by atoms with Crippen LogP contribution < -0.4 is 10.6 Å². The molecule has 3 heterocycles. The van der Waals surface area contributed by atoms with Gasteiger partial charge in [0.15, 0.2) is 5.88 Å². The van der Waals surface area contributed by atoms with Gasteiger partial charge in [-0.25, -0.2) is 0 Å². The Labute approximate surface area is 131 Å². The Hall–Kier alpha value is -0.975. The molecule has 0 saturated carbocycles. The molecule has 0 aliphatic carbocycles. The maximum absolute atomic E-state index is 7.47. The smallest absolute Gasteiger partial charge is 0.449 e. The molecule has 6 heteroatoms. The highest BCUT2D eigenvalue weighted by Crippen LogP contribution is 2.36.